The van der Waals surface area contributed by atoms with Gasteiger partial charge >= 0.3 is 192 Å². The van der Waals surface area contributed by atoms with Crippen molar-refractivity contribution in [1.82, 2.24) is 10.2 Å². The maximum absolute atomic E-state index is 15.2. The van der Waals surface area contributed by atoms with Crippen molar-refractivity contribution in [2.24, 2.45) is 0 Å². The first kappa shape index (κ1) is 23.2. The molecular weight excluding hydrogens is 535 g/mol. The van der Waals surface area contributed by atoms with Crippen LogP contribution in [0, 0.1) is 6.92 Å². The molecule has 0 bridgehead atoms. The Morgan fingerprint density at radius 3 is 2.62 bits per heavy atom. The normalized spacial score (nSPS) is 30.1. The summed E-state index contributed by atoms with van der Waals surface area (Å²) in [6.45, 7) is 7.39. The molecule has 3 atom stereocenters. The van der Waals surface area contributed by atoms with Gasteiger partial charge in [-0.15, -0.1) is 0 Å². The third-order valence-electron chi connectivity index (χ3n) is 6.28. The van der Waals surface area contributed by atoms with Crippen molar-refractivity contribution in [3.05, 3.63) is 29.3 Å². The molecule has 3 heterocycles. The van der Waals surface area contributed by atoms with Crippen molar-refractivity contribution in [2.45, 2.75) is 65.9 Å². The number of hydrogen-bond donors (Lipinski definition) is 2. The summed E-state index contributed by atoms with van der Waals surface area (Å²) in [6, 6.07) is 4.73. The Labute approximate surface area is 191 Å². The summed E-state index contributed by atoms with van der Waals surface area (Å²) in [7, 11) is 0. The molecule has 2 N–H and O–H groups in total. The van der Waals surface area contributed by atoms with Gasteiger partial charge in [-0.2, -0.15) is 0 Å². The van der Waals surface area contributed by atoms with E-state index in [9.17, 15) is 14.4 Å². The number of carbonyl (C=O) groups excluding carboxylic acids is 3. The molecule has 0 aliphatic carbocycles. The van der Waals surface area contributed by atoms with Gasteiger partial charge in [0.1, 0.15) is 0 Å². The van der Waals surface area contributed by atoms with E-state index in [1.54, 1.807) is 39.0 Å². The van der Waals surface area contributed by atoms with E-state index in [1.807, 2.05) is 6.92 Å². The van der Waals surface area contributed by atoms with Gasteiger partial charge in [-0.3, -0.25) is 0 Å². The standard InChI is InChI=1S/C22H29F2IN3O4/c1-13-11-14(5-6-15(13)26-16-7-8-18(29)27-19(16)30)22-9-10-28(12-17(22)25(22,23)24)20(31)32-21(2,3)4/h5-6,11,16-17,26H,7-10,12H2,1-4H3,(H,27,29,30)/q-1/t16-,17-,22-/m1/s1. The van der Waals surface area contributed by atoms with Gasteiger partial charge in [0.05, 0.1) is 0 Å². The Bertz CT molecular complexity index is 980. The van der Waals surface area contributed by atoms with Crippen LogP contribution in [0.2, 0.25) is 0 Å². The second kappa shape index (κ2) is 7.81. The Kier molecular flexibility index (Phi) is 5.66. The molecule has 1 aromatic rings. The van der Waals surface area contributed by atoms with Gasteiger partial charge in [-0.25, -0.2) is 0 Å². The zero-order valence-electron chi connectivity index (χ0n) is 18.6. The number of hydrogen-bond acceptors (Lipinski definition) is 5. The molecule has 32 heavy (non-hydrogen) atoms. The Hall–Kier alpha value is -1.98. The van der Waals surface area contributed by atoms with E-state index in [1.165, 1.54) is 4.90 Å². The topological polar surface area (TPSA) is 87.7 Å². The van der Waals surface area contributed by atoms with E-state index in [-0.39, 0.29) is 37.7 Å². The summed E-state index contributed by atoms with van der Waals surface area (Å²) in [4.78, 5) is 37.2. The van der Waals surface area contributed by atoms with Crippen LogP contribution in [0.5, 0.6) is 0 Å². The molecule has 1 aromatic carbocycles. The third-order valence-corrected chi connectivity index (χ3v) is 13.4. The summed E-state index contributed by atoms with van der Waals surface area (Å²) in [5.41, 5.74) is 1.43. The summed E-state index contributed by atoms with van der Waals surface area (Å²) in [6.07, 6.45) is 0.361. The van der Waals surface area contributed by atoms with Crippen LogP contribution in [0.4, 0.5) is 16.2 Å². The molecule has 7 nitrogen and oxygen atoms in total. The molecule has 4 rings (SSSR count). The fourth-order valence-electron chi connectivity index (χ4n) is 4.56. The predicted octanol–water partition coefficient (Wildman–Crippen LogP) is 0.360. The van der Waals surface area contributed by atoms with Crippen LogP contribution in [0.3, 0.4) is 0 Å². The molecule has 10 heteroatoms. The summed E-state index contributed by atoms with van der Waals surface area (Å²) in [5, 5.41) is 5.44. The summed E-state index contributed by atoms with van der Waals surface area (Å²) >= 11 is -5.06. The van der Waals surface area contributed by atoms with Gasteiger partial charge in [0.25, 0.3) is 0 Å². The molecule has 0 spiro atoms. The van der Waals surface area contributed by atoms with Crippen molar-refractivity contribution >= 4 is 23.6 Å². The van der Waals surface area contributed by atoms with Gasteiger partial charge in [0, 0.05) is 0 Å². The number of fused-ring (bicyclic) bond motifs is 1. The maximum atomic E-state index is 15.2. The number of benzene rings is 1. The van der Waals surface area contributed by atoms with Crippen LogP contribution in [0.25, 0.3) is 0 Å². The van der Waals surface area contributed by atoms with Crippen molar-refractivity contribution < 1.29 is 44.4 Å². The van der Waals surface area contributed by atoms with Crippen molar-refractivity contribution in [2.75, 3.05) is 18.4 Å². The van der Waals surface area contributed by atoms with E-state index in [4.69, 9.17) is 4.74 Å². The van der Waals surface area contributed by atoms with Gasteiger partial charge < -0.3 is 0 Å². The van der Waals surface area contributed by atoms with Crippen molar-refractivity contribution in [3.8, 4) is 0 Å². The van der Waals surface area contributed by atoms with Crippen LogP contribution in [0.1, 0.15) is 51.2 Å². The molecule has 3 aliphatic heterocycles. The van der Waals surface area contributed by atoms with E-state index in [0.717, 1.165) is 5.56 Å². The quantitative estimate of drug-likeness (QED) is 0.315. The first-order valence-corrected chi connectivity index (χ1v) is 14.7. The second-order valence-corrected chi connectivity index (χ2v) is 15.8. The number of alkyl halides is 2. The number of nitrogens with one attached hydrogen (secondary N) is 2. The number of aryl methyl sites for hydroxylation is 1. The molecule has 3 saturated heterocycles. The molecular formula is C22H29F2IN3O4-. The molecule has 3 aliphatic rings. The molecule has 3 fully saturated rings. The molecule has 178 valence electrons. The minimum atomic E-state index is -5.06. The number of ether oxygens (including phenoxy) is 1. The van der Waals surface area contributed by atoms with Crippen LogP contribution < -0.4 is 30.2 Å². The van der Waals surface area contributed by atoms with E-state index < -0.39 is 44.7 Å². The van der Waals surface area contributed by atoms with E-state index >= 15 is 5.72 Å². The number of nitrogens with zero attached hydrogens (tertiary/aromatic N) is 1. The van der Waals surface area contributed by atoms with Crippen molar-refractivity contribution in [1.29, 1.82) is 0 Å². The number of carbonyl (C=O) groups is 3. The fraction of sp³-hybridized carbons (Fsp3) is 0.591. The zero-order valence-corrected chi connectivity index (χ0v) is 20.8. The average molecular weight is 564 g/mol. The molecule has 0 radical (unpaired) electrons. The molecule has 3 amide bonds. The number of halogens is 3. The van der Waals surface area contributed by atoms with Gasteiger partial charge in [0.15, 0.2) is 0 Å². The van der Waals surface area contributed by atoms with Gasteiger partial charge in [-0.1, -0.05) is 0 Å². The first-order valence-electron chi connectivity index (χ1n) is 10.7. The Morgan fingerprint density at radius 2 is 2.03 bits per heavy atom. The van der Waals surface area contributed by atoms with E-state index in [0.29, 0.717) is 17.7 Å². The van der Waals surface area contributed by atoms with Crippen LogP contribution >= 0.6 is 0 Å². The monoisotopic (exact) mass is 564 g/mol. The van der Waals surface area contributed by atoms with Crippen molar-refractivity contribution in [3.63, 3.8) is 0 Å². The number of anilines is 1. The minimum absolute atomic E-state index is 0.0356. The Balaban J connectivity index is 1.49. The first-order chi connectivity index (χ1) is 14.8. The van der Waals surface area contributed by atoms with E-state index in [2.05, 4.69) is 10.6 Å². The van der Waals surface area contributed by atoms with Gasteiger partial charge in [-0.05, 0) is 0 Å². The van der Waals surface area contributed by atoms with Crippen LogP contribution in [0.15, 0.2) is 18.2 Å². The van der Waals surface area contributed by atoms with Gasteiger partial charge in [0.2, 0.25) is 0 Å². The SMILES string of the molecule is Cc1cc([C@]23CCN(C(=O)OC(C)(C)C)C[C@H]2[I-]3(F)F)ccc1N[C@@H]1CCC(=O)NC1=O. The van der Waals surface area contributed by atoms with Crippen LogP contribution in [-0.4, -0.2) is 51.5 Å². The van der Waals surface area contributed by atoms with Crippen LogP contribution in [-0.2, 0) is 17.7 Å². The molecule has 0 aromatic heterocycles. The number of amides is 3. The number of piperidine rings is 2. The summed E-state index contributed by atoms with van der Waals surface area (Å²) in [5.74, 6) is -0.661. The summed E-state index contributed by atoms with van der Waals surface area (Å²) < 4.78 is 33.9. The second-order valence-electron chi connectivity index (χ2n) is 9.66. The number of rotatable bonds is 3. The Morgan fingerprint density at radius 1 is 1.31 bits per heavy atom. The zero-order chi connectivity index (χ0) is 23.5. The fourth-order valence-corrected chi connectivity index (χ4v) is 12.0. The predicted molar refractivity (Wildman–Crippen MR) is 111 cm³/mol. The molecule has 0 unspecified atom stereocenters. The average Bonchev–Trinajstić information content (AvgIpc) is 3.20. The number of imide groups is 1. The third kappa shape index (κ3) is 3.94. The molecule has 0 saturated carbocycles. The number of likely N-dealkylation sites (tertiary alicyclic amines) is 1.